The lowest BCUT2D eigenvalue weighted by molar-refractivity contribution is 1.46. The predicted octanol–water partition coefficient (Wildman–Crippen LogP) is 20.6. The van der Waals surface area contributed by atoms with Crippen LogP contribution >= 0.6 is 37.2 Å². The summed E-state index contributed by atoms with van der Waals surface area (Å²) in [5, 5.41) is 21.5. The molecule has 0 nitrogen and oxygen atoms in total. The Morgan fingerprint density at radius 3 is 1.26 bits per heavy atom. The first kappa shape index (κ1) is 46.5. The smallest absolute Gasteiger partial charge is 0 e. The molecule has 0 unspecified atom stereocenters. The number of halogens is 2. The quantitative estimate of drug-likeness (QED) is 0.0873. The van der Waals surface area contributed by atoms with Crippen molar-refractivity contribution >= 4 is 123 Å². The van der Waals surface area contributed by atoms with Crippen molar-refractivity contribution in [2.45, 2.75) is 27.7 Å². The van der Waals surface area contributed by atoms with Crippen molar-refractivity contribution in [3.63, 3.8) is 0 Å². The summed E-state index contributed by atoms with van der Waals surface area (Å²) < 4.78 is 0. The second kappa shape index (κ2) is 21.6. The van der Waals surface area contributed by atoms with Crippen LogP contribution in [0, 0.1) is 27.7 Å². The van der Waals surface area contributed by atoms with Gasteiger partial charge in [0.15, 0.2) is 0 Å². The van der Waals surface area contributed by atoms with Crippen LogP contribution in [0.1, 0.15) is 22.3 Å². The second-order valence-electron chi connectivity index (χ2n) is 17.4. The van der Waals surface area contributed by atoms with E-state index in [9.17, 15) is 0 Å². The molecule has 0 radical (unpaired) electrons. The summed E-state index contributed by atoms with van der Waals surface area (Å²) in [4.78, 5) is 0. The Morgan fingerprint density at radius 1 is 0.221 bits per heavy atom. The summed E-state index contributed by atoms with van der Waals surface area (Å²) in [6, 6.07) is 86.5. The largest absolute Gasteiger partial charge is 0.0622 e. The van der Waals surface area contributed by atoms with E-state index in [0.29, 0.717) is 0 Å². The fourth-order valence-corrected chi connectivity index (χ4v) is 9.84. The Morgan fingerprint density at radius 2 is 0.632 bits per heavy atom. The second-order valence-corrected chi connectivity index (χ2v) is 17.4. The average molecular weight is 1100 g/mol. The first-order valence-corrected chi connectivity index (χ1v) is 29.4. The summed E-state index contributed by atoms with van der Waals surface area (Å²) in [6.45, 7) is 8.72. The lowest BCUT2D eigenvalue weighted by atomic mass is 9.94. The van der Waals surface area contributed by atoms with E-state index >= 15 is 0 Å². The summed E-state index contributed by atoms with van der Waals surface area (Å²) in [5.41, 5.74) is 7.99. The van der Waals surface area contributed by atoms with Crippen LogP contribution in [0.15, 0.2) is 243 Å². The standard InChI is InChI=1S/2C19H14.C15H12.C13H12.I2/c1-13-12-15-7-3-4-8-16(15)18-11-10-14-6-2-5-9-17(14)19(13)18;1-13-5-4-8-14-9-10-17-11-15-6-2-3-7-16(15)12-18(17)19(13)14;1-11-5-4-7-13-10-9-12-6-2-3-8-14(12)15(11)13;1-11-7-5-6-10-13(11)12-8-3-2-4-9-12;1-2/h2*2-12H,1H3;2-10H,1H3;2-10H,1H3;. The van der Waals surface area contributed by atoms with Gasteiger partial charge in [-0.05, 0) is 159 Å². The minimum Gasteiger partial charge on any atom is -0.0622 e. The third-order valence-corrected chi connectivity index (χ3v) is 13.1. The van der Waals surface area contributed by atoms with E-state index in [1.54, 1.807) is 0 Å². The van der Waals surface area contributed by atoms with Crippen LogP contribution in [0.25, 0.3) is 97.3 Å². The van der Waals surface area contributed by atoms with Crippen LogP contribution in [0.5, 0.6) is 0 Å². The molecule has 13 rings (SSSR count). The van der Waals surface area contributed by atoms with Crippen LogP contribution in [0.3, 0.4) is 0 Å². The summed E-state index contributed by atoms with van der Waals surface area (Å²) >= 11 is 4.24. The molecule has 13 aromatic rings. The number of rotatable bonds is 1. The first-order valence-electron chi connectivity index (χ1n) is 23.1. The van der Waals surface area contributed by atoms with Gasteiger partial charge in [0.1, 0.15) is 0 Å². The topological polar surface area (TPSA) is 0 Å². The van der Waals surface area contributed by atoms with Crippen molar-refractivity contribution in [3.05, 3.63) is 265 Å². The molecule has 0 N–H and O–H groups in total. The third kappa shape index (κ3) is 9.85. The summed E-state index contributed by atoms with van der Waals surface area (Å²) in [7, 11) is 0. The van der Waals surface area contributed by atoms with E-state index in [4.69, 9.17) is 0 Å². The van der Waals surface area contributed by atoms with Gasteiger partial charge in [0.05, 0.1) is 0 Å². The van der Waals surface area contributed by atoms with E-state index < -0.39 is 0 Å². The van der Waals surface area contributed by atoms with Gasteiger partial charge in [0.2, 0.25) is 0 Å². The molecule has 0 spiro atoms. The molecular formula is C66H52I2. The molecule has 330 valence electrons. The van der Waals surface area contributed by atoms with E-state index in [-0.39, 0.29) is 0 Å². The Hall–Kier alpha value is -6.60. The molecule has 2 heteroatoms. The van der Waals surface area contributed by atoms with Gasteiger partial charge in [0.25, 0.3) is 0 Å². The maximum Gasteiger partial charge on any atom is 0 e. The zero-order valence-corrected chi connectivity index (χ0v) is 43.2. The fraction of sp³-hybridized carbons (Fsp3) is 0.0606. The highest BCUT2D eigenvalue weighted by atomic mass is 128. The van der Waals surface area contributed by atoms with Crippen molar-refractivity contribution < 1.29 is 0 Å². The molecule has 68 heavy (non-hydrogen) atoms. The van der Waals surface area contributed by atoms with Crippen LogP contribution < -0.4 is 0 Å². The SMILES string of the molecule is Cc1cc2ccccc2c2ccc3ccccc3c12.Cc1cccc2ccc3cc4ccccc4cc3c12.Cc1cccc2ccc3ccccc3c12.Cc1ccccc1-c1ccccc1.II. The van der Waals surface area contributed by atoms with E-state index in [0.717, 1.165) is 0 Å². The highest BCUT2D eigenvalue weighted by molar-refractivity contribution is 15.0. The molecule has 0 aliphatic carbocycles. The molecule has 0 fully saturated rings. The number of fused-ring (bicyclic) bond motifs is 12. The number of hydrogen-bond acceptors (Lipinski definition) is 0. The van der Waals surface area contributed by atoms with Crippen LogP contribution in [0.2, 0.25) is 0 Å². The molecule has 0 bridgehead atoms. The van der Waals surface area contributed by atoms with Gasteiger partial charge in [0, 0.05) is 37.2 Å². The van der Waals surface area contributed by atoms with Gasteiger partial charge in [-0.1, -0.05) is 231 Å². The Labute approximate surface area is 423 Å². The van der Waals surface area contributed by atoms with Gasteiger partial charge >= 0.3 is 0 Å². The zero-order chi connectivity index (χ0) is 47.0. The molecule has 0 heterocycles. The number of benzene rings is 13. The Kier molecular flexibility index (Phi) is 14.8. The van der Waals surface area contributed by atoms with E-state index in [1.165, 1.54) is 120 Å². The third-order valence-electron chi connectivity index (χ3n) is 13.1. The molecule has 0 saturated heterocycles. The monoisotopic (exact) mass is 1100 g/mol. The minimum absolute atomic E-state index is 1.29. The van der Waals surface area contributed by atoms with Crippen molar-refractivity contribution in [3.8, 4) is 11.1 Å². The molecular weight excluding hydrogens is 1050 g/mol. The lowest BCUT2D eigenvalue weighted by Crippen LogP contribution is -1.84. The van der Waals surface area contributed by atoms with Crippen molar-refractivity contribution in [1.29, 1.82) is 0 Å². The summed E-state index contributed by atoms with van der Waals surface area (Å²) in [6.07, 6.45) is 0. The minimum atomic E-state index is 1.29. The maximum atomic E-state index is 2.32. The fourth-order valence-electron chi connectivity index (χ4n) is 9.84. The van der Waals surface area contributed by atoms with E-state index in [1.807, 2.05) is 6.07 Å². The van der Waals surface area contributed by atoms with Crippen LogP contribution in [0.4, 0.5) is 0 Å². The molecule has 0 aromatic heterocycles. The molecule has 13 aromatic carbocycles. The number of hydrogen-bond donors (Lipinski definition) is 0. The van der Waals surface area contributed by atoms with Gasteiger partial charge in [-0.2, -0.15) is 0 Å². The van der Waals surface area contributed by atoms with Gasteiger partial charge in [-0.25, -0.2) is 0 Å². The summed E-state index contributed by atoms with van der Waals surface area (Å²) in [5.74, 6) is 0. The number of aryl methyl sites for hydroxylation is 4. The Bertz CT molecular complexity index is 3870. The van der Waals surface area contributed by atoms with Crippen molar-refractivity contribution in [2.75, 3.05) is 0 Å². The van der Waals surface area contributed by atoms with E-state index in [2.05, 4.69) is 302 Å². The highest BCUT2D eigenvalue weighted by Gasteiger charge is 2.08. The van der Waals surface area contributed by atoms with Gasteiger partial charge in [-0.15, -0.1) is 0 Å². The molecule has 0 aliphatic rings. The maximum absolute atomic E-state index is 2.32. The molecule has 0 aliphatic heterocycles. The van der Waals surface area contributed by atoms with Gasteiger partial charge in [-0.3, -0.25) is 0 Å². The molecule has 0 atom stereocenters. The Balaban J connectivity index is 0.000000113. The average Bonchev–Trinajstić information content (AvgIpc) is 3.39. The van der Waals surface area contributed by atoms with Gasteiger partial charge < -0.3 is 0 Å². The first-order chi connectivity index (χ1) is 33.4. The molecule has 0 amide bonds. The van der Waals surface area contributed by atoms with Crippen LogP contribution in [-0.4, -0.2) is 0 Å². The van der Waals surface area contributed by atoms with Crippen molar-refractivity contribution in [2.24, 2.45) is 0 Å². The predicted molar refractivity (Wildman–Crippen MR) is 318 cm³/mol. The zero-order valence-electron chi connectivity index (χ0n) is 38.8. The lowest BCUT2D eigenvalue weighted by Gasteiger charge is -2.10. The van der Waals surface area contributed by atoms with Crippen LogP contribution in [-0.2, 0) is 0 Å². The highest BCUT2D eigenvalue weighted by Crippen LogP contribution is 2.35. The molecule has 0 saturated carbocycles. The normalized spacial score (nSPS) is 10.8. The van der Waals surface area contributed by atoms with Crippen molar-refractivity contribution in [1.82, 2.24) is 0 Å².